The highest BCUT2D eigenvalue weighted by Crippen LogP contribution is 2.35. The number of fused-ring (bicyclic) bond motifs is 1. The molecular weight excluding hydrogens is 228 g/mol. The summed E-state index contributed by atoms with van der Waals surface area (Å²) in [5, 5.41) is 0. The molecule has 0 bridgehead atoms. The second-order valence-corrected chi connectivity index (χ2v) is 4.33. The number of aryl methyl sites for hydroxylation is 1. The van der Waals surface area contributed by atoms with Gasteiger partial charge in [-0.15, -0.1) is 0 Å². The third kappa shape index (κ3) is 2.44. The van der Waals surface area contributed by atoms with Crippen LogP contribution in [0.1, 0.15) is 30.7 Å². The first-order valence-electron chi connectivity index (χ1n) is 5.23. The van der Waals surface area contributed by atoms with Gasteiger partial charge < -0.3 is 9.47 Å². The zero-order valence-electron chi connectivity index (χ0n) is 9.88. The Kier molecular flexibility index (Phi) is 2.87. The number of ether oxygens (including phenoxy) is 2. The largest absolute Gasteiger partial charge is 0.461 e. The molecule has 0 N–H and O–H groups in total. The van der Waals surface area contributed by atoms with Crippen LogP contribution >= 0.6 is 0 Å². The van der Waals surface area contributed by atoms with Crippen molar-refractivity contribution in [1.29, 1.82) is 0 Å². The molecule has 0 amide bonds. The predicted octanol–water partition coefficient (Wildman–Crippen LogP) is 3.27. The van der Waals surface area contributed by atoms with Crippen molar-refractivity contribution < 1.29 is 18.3 Å². The zero-order chi connectivity index (χ0) is 12.6. The van der Waals surface area contributed by atoms with Crippen molar-refractivity contribution in [2.45, 2.75) is 33.2 Å². The van der Waals surface area contributed by atoms with E-state index in [1.54, 1.807) is 20.8 Å². The molecule has 0 unspecified atom stereocenters. The van der Waals surface area contributed by atoms with Gasteiger partial charge in [-0.3, -0.25) is 4.98 Å². The Morgan fingerprint density at radius 1 is 1.47 bits per heavy atom. The van der Waals surface area contributed by atoms with Crippen LogP contribution in [-0.2, 0) is 11.3 Å². The summed E-state index contributed by atoms with van der Waals surface area (Å²) in [5.41, 5.74) is 1.62. The van der Waals surface area contributed by atoms with E-state index in [2.05, 4.69) is 4.98 Å². The third-order valence-electron chi connectivity index (χ3n) is 2.53. The molecule has 1 aromatic heterocycles. The Morgan fingerprint density at radius 2 is 2.18 bits per heavy atom. The van der Waals surface area contributed by atoms with Crippen LogP contribution in [0.4, 0.5) is 8.78 Å². The number of halogens is 2. The summed E-state index contributed by atoms with van der Waals surface area (Å²) in [6.07, 6.45) is 0.414. The highest BCUT2D eigenvalue weighted by atomic mass is 19.3. The van der Waals surface area contributed by atoms with Crippen molar-refractivity contribution in [2.75, 3.05) is 0 Å². The Morgan fingerprint density at radius 3 is 2.82 bits per heavy atom. The summed E-state index contributed by atoms with van der Waals surface area (Å²) < 4.78 is 35.6. The number of hydrogen-bond donors (Lipinski definition) is 0. The van der Waals surface area contributed by atoms with E-state index in [9.17, 15) is 8.78 Å². The lowest BCUT2D eigenvalue weighted by atomic mass is 10.1. The molecule has 2 heterocycles. The lowest BCUT2D eigenvalue weighted by Crippen LogP contribution is -2.36. The quantitative estimate of drug-likeness (QED) is 0.756. The number of pyridine rings is 1. The summed E-state index contributed by atoms with van der Waals surface area (Å²) in [4.78, 5) is 4.05. The first kappa shape index (κ1) is 12.0. The maximum Gasteiger partial charge on any atom is 0.270 e. The molecule has 0 radical (unpaired) electrons. The topological polar surface area (TPSA) is 31.4 Å². The van der Waals surface area contributed by atoms with E-state index in [0.717, 1.165) is 6.08 Å². The monoisotopic (exact) mass is 241 g/mol. The van der Waals surface area contributed by atoms with E-state index in [1.807, 2.05) is 0 Å². The average molecular weight is 241 g/mol. The molecule has 1 aromatic rings. The highest BCUT2D eigenvalue weighted by Gasteiger charge is 2.30. The molecule has 92 valence electrons. The van der Waals surface area contributed by atoms with Gasteiger partial charge in [0.25, 0.3) is 6.08 Å². The molecule has 5 heteroatoms. The first-order valence-corrected chi connectivity index (χ1v) is 5.23. The molecule has 1 aliphatic rings. The van der Waals surface area contributed by atoms with Crippen LogP contribution < -0.4 is 4.74 Å². The fourth-order valence-electron chi connectivity index (χ4n) is 1.70. The predicted molar refractivity (Wildman–Crippen MR) is 58.7 cm³/mol. The first-order chi connectivity index (χ1) is 7.89. The van der Waals surface area contributed by atoms with Crippen LogP contribution in [0.3, 0.4) is 0 Å². The Balaban J connectivity index is 2.52. The molecule has 3 nitrogen and oxygen atoms in total. The molecule has 0 aliphatic carbocycles. The van der Waals surface area contributed by atoms with Crippen molar-refractivity contribution in [2.24, 2.45) is 0 Å². The Labute approximate surface area is 98.1 Å². The minimum atomic E-state index is -1.76. The van der Waals surface area contributed by atoms with Gasteiger partial charge in [0.2, 0.25) is 5.79 Å². The van der Waals surface area contributed by atoms with Crippen LogP contribution in [0, 0.1) is 6.92 Å². The van der Waals surface area contributed by atoms with Crippen molar-refractivity contribution in [3.05, 3.63) is 29.1 Å². The minimum absolute atomic E-state index is 0.241. The van der Waals surface area contributed by atoms with E-state index in [-0.39, 0.29) is 6.61 Å². The van der Waals surface area contributed by atoms with E-state index in [4.69, 9.17) is 9.47 Å². The third-order valence-corrected chi connectivity index (χ3v) is 2.53. The van der Waals surface area contributed by atoms with Gasteiger partial charge in [-0.25, -0.2) is 0 Å². The highest BCUT2D eigenvalue weighted by molar-refractivity contribution is 5.58. The second-order valence-electron chi connectivity index (χ2n) is 4.33. The normalized spacial score (nSPS) is 17.0. The van der Waals surface area contributed by atoms with E-state index in [0.29, 0.717) is 22.6 Å². The van der Waals surface area contributed by atoms with Crippen LogP contribution in [0.25, 0.3) is 6.08 Å². The molecule has 1 aliphatic heterocycles. The molecule has 2 rings (SSSR count). The molecule has 0 atom stereocenters. The fraction of sp³-hybridized carbons (Fsp3) is 0.417. The standard InChI is InChI=1S/C12H13F2NO2/c1-7-11-9(6-16-12(2,3)17-11)8(5-15-7)4-10(13)14/h4-5H,6H2,1-3H3. The van der Waals surface area contributed by atoms with Crippen LogP contribution in [-0.4, -0.2) is 10.8 Å². The Bertz CT molecular complexity index is 480. The van der Waals surface area contributed by atoms with Crippen LogP contribution in [0.2, 0.25) is 0 Å². The lowest BCUT2D eigenvalue weighted by Gasteiger charge is -2.33. The fourth-order valence-corrected chi connectivity index (χ4v) is 1.70. The second kappa shape index (κ2) is 4.07. The number of hydrogen-bond acceptors (Lipinski definition) is 3. The molecule has 0 aromatic carbocycles. The molecular formula is C12H13F2NO2. The number of nitrogens with zero attached hydrogens (tertiary/aromatic N) is 1. The average Bonchev–Trinajstić information content (AvgIpc) is 2.21. The summed E-state index contributed by atoms with van der Waals surface area (Å²) in [6.45, 7) is 5.56. The molecule has 0 spiro atoms. The maximum absolute atomic E-state index is 12.3. The SMILES string of the molecule is Cc1ncc(C=C(F)F)c2c1OC(C)(C)OC2. The smallest absolute Gasteiger partial charge is 0.270 e. The van der Waals surface area contributed by atoms with Gasteiger partial charge in [0.15, 0.2) is 0 Å². The lowest BCUT2D eigenvalue weighted by molar-refractivity contribution is -0.180. The van der Waals surface area contributed by atoms with Crippen molar-refractivity contribution in [3.8, 4) is 5.75 Å². The summed E-state index contributed by atoms with van der Waals surface area (Å²) in [5.74, 6) is -0.216. The number of rotatable bonds is 1. The van der Waals surface area contributed by atoms with E-state index >= 15 is 0 Å². The van der Waals surface area contributed by atoms with Gasteiger partial charge in [-0.2, -0.15) is 8.78 Å². The van der Waals surface area contributed by atoms with Crippen molar-refractivity contribution in [3.63, 3.8) is 0 Å². The molecule has 17 heavy (non-hydrogen) atoms. The van der Waals surface area contributed by atoms with E-state index < -0.39 is 11.9 Å². The van der Waals surface area contributed by atoms with Gasteiger partial charge in [0.05, 0.1) is 12.3 Å². The summed E-state index contributed by atoms with van der Waals surface area (Å²) in [7, 11) is 0. The Hall–Kier alpha value is -1.49. The van der Waals surface area contributed by atoms with Crippen molar-refractivity contribution >= 4 is 6.08 Å². The summed E-state index contributed by atoms with van der Waals surface area (Å²) in [6, 6.07) is 0. The molecule has 0 saturated carbocycles. The van der Waals surface area contributed by atoms with Crippen LogP contribution in [0.5, 0.6) is 5.75 Å². The van der Waals surface area contributed by atoms with Gasteiger partial charge in [-0.05, 0) is 6.92 Å². The zero-order valence-corrected chi connectivity index (χ0v) is 9.88. The summed E-state index contributed by atoms with van der Waals surface area (Å²) >= 11 is 0. The van der Waals surface area contributed by atoms with Gasteiger partial charge in [0.1, 0.15) is 5.75 Å². The number of aromatic nitrogens is 1. The molecule has 0 saturated heterocycles. The van der Waals surface area contributed by atoms with Gasteiger partial charge >= 0.3 is 0 Å². The van der Waals surface area contributed by atoms with Crippen LogP contribution in [0.15, 0.2) is 12.3 Å². The van der Waals surface area contributed by atoms with Gasteiger partial charge in [0, 0.05) is 37.2 Å². The van der Waals surface area contributed by atoms with Crippen molar-refractivity contribution in [1.82, 2.24) is 4.98 Å². The molecule has 0 fully saturated rings. The van der Waals surface area contributed by atoms with Gasteiger partial charge in [-0.1, -0.05) is 0 Å². The van der Waals surface area contributed by atoms with E-state index in [1.165, 1.54) is 6.20 Å². The minimum Gasteiger partial charge on any atom is -0.461 e. The maximum atomic E-state index is 12.3.